The Morgan fingerprint density at radius 3 is 2.84 bits per heavy atom. The van der Waals surface area contributed by atoms with Crippen molar-refractivity contribution in [2.75, 3.05) is 5.32 Å². The van der Waals surface area contributed by atoms with Crippen LogP contribution < -0.4 is 5.32 Å². The molecule has 0 unspecified atom stereocenters. The molecule has 0 saturated carbocycles. The molecule has 0 radical (unpaired) electrons. The molecule has 90 valence electrons. The molecule has 0 bridgehead atoms. The normalized spacial score (nSPS) is 10.1. The van der Waals surface area contributed by atoms with Gasteiger partial charge in [0.1, 0.15) is 6.07 Å². The van der Waals surface area contributed by atoms with Gasteiger partial charge < -0.3 is 5.32 Å². The average Bonchev–Trinajstić information content (AvgIpc) is 2.48. The quantitative estimate of drug-likeness (QED) is 0.754. The molecule has 0 aliphatic carbocycles. The molecular weight excluding hydrogens is 236 g/mol. The lowest BCUT2D eigenvalue weighted by molar-refractivity contribution is 1.30. The fraction of sp³-hybridized carbons (Fsp3) is 0. The third-order valence-corrected chi connectivity index (χ3v) is 2.86. The maximum Gasteiger partial charge on any atom is 0.101 e. The molecule has 1 N–H and O–H groups in total. The Balaban J connectivity index is 2.09. The van der Waals surface area contributed by atoms with E-state index in [0.29, 0.717) is 11.3 Å². The third-order valence-electron chi connectivity index (χ3n) is 2.86. The van der Waals surface area contributed by atoms with Crippen molar-refractivity contribution < 1.29 is 0 Å². The van der Waals surface area contributed by atoms with E-state index in [2.05, 4.69) is 21.4 Å². The van der Waals surface area contributed by atoms with Gasteiger partial charge in [0.05, 0.1) is 23.0 Å². The highest BCUT2D eigenvalue weighted by Crippen LogP contribution is 2.26. The van der Waals surface area contributed by atoms with Crippen molar-refractivity contribution in [2.24, 2.45) is 0 Å². The van der Waals surface area contributed by atoms with E-state index >= 15 is 0 Å². The second-order valence-corrected chi connectivity index (χ2v) is 4.03. The molecule has 0 aliphatic heterocycles. The van der Waals surface area contributed by atoms with E-state index in [1.807, 2.05) is 30.3 Å². The summed E-state index contributed by atoms with van der Waals surface area (Å²) in [6.45, 7) is 0. The largest absolute Gasteiger partial charge is 0.353 e. The van der Waals surface area contributed by atoms with Gasteiger partial charge in [0.2, 0.25) is 0 Å². The minimum absolute atomic E-state index is 0.566. The number of rotatable bonds is 2. The molecule has 19 heavy (non-hydrogen) atoms. The summed E-state index contributed by atoms with van der Waals surface area (Å²) in [6.07, 6.45) is 5.01. The minimum atomic E-state index is 0.566. The summed E-state index contributed by atoms with van der Waals surface area (Å²) in [5, 5.41) is 13.3. The van der Waals surface area contributed by atoms with Crippen molar-refractivity contribution in [3.8, 4) is 6.07 Å². The highest BCUT2D eigenvalue weighted by molar-refractivity contribution is 5.93. The lowest BCUT2D eigenvalue weighted by Crippen LogP contribution is -1.95. The number of nitrogens with one attached hydrogen (secondary N) is 1. The molecule has 0 fully saturated rings. The number of pyridine rings is 2. The maximum absolute atomic E-state index is 9.08. The smallest absolute Gasteiger partial charge is 0.101 e. The topological polar surface area (TPSA) is 61.6 Å². The van der Waals surface area contributed by atoms with E-state index < -0.39 is 0 Å². The molecule has 2 aromatic heterocycles. The molecule has 1 aromatic carbocycles. The second-order valence-electron chi connectivity index (χ2n) is 4.03. The predicted molar refractivity (Wildman–Crippen MR) is 74.0 cm³/mol. The minimum Gasteiger partial charge on any atom is -0.353 e. The fourth-order valence-electron chi connectivity index (χ4n) is 1.95. The molecule has 0 amide bonds. The Labute approximate surface area is 110 Å². The van der Waals surface area contributed by atoms with E-state index in [1.54, 1.807) is 24.7 Å². The number of benzene rings is 1. The van der Waals surface area contributed by atoms with E-state index in [0.717, 1.165) is 16.6 Å². The Morgan fingerprint density at radius 1 is 1.00 bits per heavy atom. The number of nitrogens with zero attached hydrogens (tertiary/aromatic N) is 3. The molecule has 3 rings (SSSR count). The zero-order valence-electron chi connectivity index (χ0n) is 10.0. The lowest BCUT2D eigenvalue weighted by Gasteiger charge is -2.10. The number of hydrogen-bond acceptors (Lipinski definition) is 4. The van der Waals surface area contributed by atoms with Crippen molar-refractivity contribution >= 4 is 22.3 Å². The summed E-state index contributed by atoms with van der Waals surface area (Å²) in [7, 11) is 0. The average molecular weight is 246 g/mol. The Hall–Kier alpha value is -2.93. The molecule has 0 saturated heterocycles. The first-order valence-electron chi connectivity index (χ1n) is 5.83. The Kier molecular flexibility index (Phi) is 2.79. The van der Waals surface area contributed by atoms with Gasteiger partial charge in [-0.05, 0) is 30.3 Å². The highest BCUT2D eigenvalue weighted by Gasteiger charge is 2.05. The monoisotopic (exact) mass is 246 g/mol. The van der Waals surface area contributed by atoms with Crippen LogP contribution in [-0.2, 0) is 0 Å². The SMILES string of the molecule is N#Cc1ccncc1Nc1cccc2ncccc12. The van der Waals surface area contributed by atoms with Crippen molar-refractivity contribution in [1.82, 2.24) is 9.97 Å². The number of anilines is 2. The summed E-state index contributed by atoms with van der Waals surface area (Å²) in [5.74, 6) is 0. The van der Waals surface area contributed by atoms with Crippen LogP contribution in [0.25, 0.3) is 10.9 Å². The lowest BCUT2D eigenvalue weighted by atomic mass is 10.1. The second kappa shape index (κ2) is 4.75. The first-order valence-corrected chi connectivity index (χ1v) is 5.83. The summed E-state index contributed by atoms with van der Waals surface area (Å²) in [6, 6.07) is 13.6. The van der Waals surface area contributed by atoms with Gasteiger partial charge in [0.25, 0.3) is 0 Å². The standard InChI is InChI=1S/C15H10N4/c16-9-11-6-8-17-10-15(11)19-14-5-1-4-13-12(14)3-2-7-18-13/h1-8,10,19H. The molecule has 2 heterocycles. The Bertz CT molecular complexity index is 769. The van der Waals surface area contributed by atoms with Gasteiger partial charge in [-0.2, -0.15) is 5.26 Å². The van der Waals surface area contributed by atoms with Gasteiger partial charge in [0.15, 0.2) is 0 Å². The Morgan fingerprint density at radius 2 is 1.95 bits per heavy atom. The number of fused-ring (bicyclic) bond motifs is 1. The fourth-order valence-corrected chi connectivity index (χ4v) is 1.95. The van der Waals surface area contributed by atoms with Crippen LogP contribution in [0.15, 0.2) is 55.0 Å². The highest BCUT2D eigenvalue weighted by atomic mass is 14.9. The van der Waals surface area contributed by atoms with Gasteiger partial charge in [-0.1, -0.05) is 6.07 Å². The van der Waals surface area contributed by atoms with Gasteiger partial charge >= 0.3 is 0 Å². The van der Waals surface area contributed by atoms with Gasteiger partial charge in [-0.3, -0.25) is 9.97 Å². The van der Waals surface area contributed by atoms with Crippen molar-refractivity contribution in [2.45, 2.75) is 0 Å². The molecule has 0 aliphatic rings. The first-order chi connectivity index (χ1) is 9.38. The zero-order chi connectivity index (χ0) is 13.1. The summed E-state index contributed by atoms with van der Waals surface area (Å²) >= 11 is 0. The summed E-state index contributed by atoms with van der Waals surface area (Å²) in [4.78, 5) is 8.35. The van der Waals surface area contributed by atoms with E-state index in [1.165, 1.54) is 0 Å². The number of hydrogen-bond donors (Lipinski definition) is 1. The predicted octanol–water partition coefficient (Wildman–Crippen LogP) is 3.25. The molecular formula is C15H10N4. The van der Waals surface area contributed by atoms with E-state index in [4.69, 9.17) is 5.26 Å². The van der Waals surface area contributed by atoms with Gasteiger partial charge in [0, 0.05) is 23.5 Å². The maximum atomic E-state index is 9.08. The molecule has 4 nitrogen and oxygen atoms in total. The van der Waals surface area contributed by atoms with Crippen LogP contribution in [0.1, 0.15) is 5.56 Å². The van der Waals surface area contributed by atoms with E-state index in [-0.39, 0.29) is 0 Å². The summed E-state index contributed by atoms with van der Waals surface area (Å²) < 4.78 is 0. The van der Waals surface area contributed by atoms with Crippen LogP contribution in [0, 0.1) is 11.3 Å². The third kappa shape index (κ3) is 2.09. The van der Waals surface area contributed by atoms with Crippen LogP contribution in [0.4, 0.5) is 11.4 Å². The molecule has 0 atom stereocenters. The molecule has 4 heteroatoms. The van der Waals surface area contributed by atoms with Crippen LogP contribution in [-0.4, -0.2) is 9.97 Å². The van der Waals surface area contributed by atoms with Crippen LogP contribution in [0.2, 0.25) is 0 Å². The molecule has 3 aromatic rings. The van der Waals surface area contributed by atoms with Gasteiger partial charge in [-0.25, -0.2) is 0 Å². The van der Waals surface area contributed by atoms with Crippen LogP contribution >= 0.6 is 0 Å². The number of aromatic nitrogens is 2. The van der Waals surface area contributed by atoms with Crippen LogP contribution in [0.5, 0.6) is 0 Å². The van der Waals surface area contributed by atoms with Crippen molar-refractivity contribution in [3.05, 3.63) is 60.6 Å². The van der Waals surface area contributed by atoms with Crippen molar-refractivity contribution in [1.29, 1.82) is 5.26 Å². The summed E-state index contributed by atoms with van der Waals surface area (Å²) in [5.41, 5.74) is 3.09. The van der Waals surface area contributed by atoms with Crippen LogP contribution in [0.3, 0.4) is 0 Å². The molecule has 0 spiro atoms. The van der Waals surface area contributed by atoms with E-state index in [9.17, 15) is 0 Å². The van der Waals surface area contributed by atoms with Crippen molar-refractivity contribution in [3.63, 3.8) is 0 Å². The number of nitriles is 1. The zero-order valence-corrected chi connectivity index (χ0v) is 10.0. The first kappa shape index (κ1) is 11.2. The van der Waals surface area contributed by atoms with Gasteiger partial charge in [-0.15, -0.1) is 0 Å².